The molecule has 0 amide bonds. The van der Waals surface area contributed by atoms with Crippen LogP contribution in [0.1, 0.15) is 51.6 Å². The maximum absolute atomic E-state index is 13.3. The van der Waals surface area contributed by atoms with Gasteiger partial charge < -0.3 is 5.32 Å². The summed E-state index contributed by atoms with van der Waals surface area (Å²) < 4.78 is 39.6. The van der Waals surface area contributed by atoms with Gasteiger partial charge >= 0.3 is 0 Å². The zero-order valence-electron chi connectivity index (χ0n) is 11.8. The Kier molecular flexibility index (Phi) is 6.35. The van der Waals surface area contributed by atoms with Gasteiger partial charge in [-0.25, -0.2) is 13.2 Å². The Hall–Kier alpha value is -1.03. The lowest BCUT2D eigenvalue weighted by molar-refractivity contribution is 0.393. The molecule has 0 saturated carbocycles. The fourth-order valence-electron chi connectivity index (χ4n) is 2.00. The van der Waals surface area contributed by atoms with Crippen molar-refractivity contribution in [3.8, 4) is 0 Å². The van der Waals surface area contributed by atoms with Gasteiger partial charge in [-0.2, -0.15) is 0 Å². The van der Waals surface area contributed by atoms with E-state index in [1.165, 1.54) is 0 Å². The molecule has 1 nitrogen and oxygen atoms in total. The van der Waals surface area contributed by atoms with Gasteiger partial charge in [-0.1, -0.05) is 27.2 Å². The summed E-state index contributed by atoms with van der Waals surface area (Å²) in [5.74, 6) is -3.21. The second kappa shape index (κ2) is 7.53. The molecule has 108 valence electrons. The van der Waals surface area contributed by atoms with Crippen molar-refractivity contribution in [1.82, 2.24) is 5.32 Å². The highest BCUT2D eigenvalue weighted by Crippen LogP contribution is 2.25. The third-order valence-corrected chi connectivity index (χ3v) is 3.38. The minimum atomic E-state index is -1.40. The Morgan fingerprint density at radius 2 is 1.68 bits per heavy atom. The van der Waals surface area contributed by atoms with Crippen LogP contribution in [0.5, 0.6) is 0 Å². The lowest BCUT2D eigenvalue weighted by Gasteiger charge is -2.22. The first-order chi connectivity index (χ1) is 8.99. The molecular weight excluding hydrogens is 251 g/mol. The monoisotopic (exact) mass is 273 g/mol. The van der Waals surface area contributed by atoms with Gasteiger partial charge in [-0.3, -0.25) is 0 Å². The normalized spacial score (nSPS) is 14.4. The van der Waals surface area contributed by atoms with Crippen LogP contribution in [0, 0.1) is 23.4 Å². The van der Waals surface area contributed by atoms with E-state index < -0.39 is 17.5 Å². The van der Waals surface area contributed by atoms with Crippen LogP contribution in [0.2, 0.25) is 0 Å². The lowest BCUT2D eigenvalue weighted by Crippen LogP contribution is -2.24. The highest BCUT2D eigenvalue weighted by atomic mass is 19.2. The van der Waals surface area contributed by atoms with Crippen LogP contribution in [0.15, 0.2) is 12.1 Å². The van der Waals surface area contributed by atoms with Crippen LogP contribution in [-0.2, 0) is 0 Å². The van der Waals surface area contributed by atoms with Gasteiger partial charge in [-0.15, -0.1) is 0 Å². The van der Waals surface area contributed by atoms with E-state index in [4.69, 9.17) is 0 Å². The van der Waals surface area contributed by atoms with Crippen LogP contribution in [0.4, 0.5) is 13.2 Å². The predicted octanol–water partition coefficient (Wildman–Crippen LogP) is 4.58. The molecule has 0 fully saturated rings. The summed E-state index contributed by atoms with van der Waals surface area (Å²) in [5, 5.41) is 3.27. The van der Waals surface area contributed by atoms with E-state index in [0.29, 0.717) is 11.5 Å². The molecule has 0 aliphatic heterocycles. The molecule has 2 atom stereocenters. The van der Waals surface area contributed by atoms with Crippen molar-refractivity contribution in [2.75, 3.05) is 6.54 Å². The molecule has 1 aromatic rings. The second-order valence-corrected chi connectivity index (χ2v) is 5.05. The molecule has 1 aromatic carbocycles. The SMILES string of the molecule is CCCNC(CC(C)CC)c1cc(F)c(F)c(F)c1. The first-order valence-electron chi connectivity index (χ1n) is 6.87. The number of hydrogen-bond donors (Lipinski definition) is 1. The van der Waals surface area contributed by atoms with E-state index >= 15 is 0 Å². The Balaban J connectivity index is 2.95. The van der Waals surface area contributed by atoms with Crippen molar-refractivity contribution in [2.24, 2.45) is 5.92 Å². The third-order valence-electron chi connectivity index (χ3n) is 3.38. The van der Waals surface area contributed by atoms with Gasteiger partial charge in [0, 0.05) is 6.04 Å². The number of rotatable bonds is 7. The fraction of sp³-hybridized carbons (Fsp3) is 0.600. The Morgan fingerprint density at radius 3 is 2.16 bits per heavy atom. The average Bonchev–Trinajstić information content (AvgIpc) is 2.39. The summed E-state index contributed by atoms with van der Waals surface area (Å²) >= 11 is 0. The summed E-state index contributed by atoms with van der Waals surface area (Å²) in [7, 11) is 0. The second-order valence-electron chi connectivity index (χ2n) is 5.05. The van der Waals surface area contributed by atoms with E-state index in [2.05, 4.69) is 19.2 Å². The molecule has 19 heavy (non-hydrogen) atoms. The van der Waals surface area contributed by atoms with E-state index in [0.717, 1.165) is 37.9 Å². The molecule has 0 aliphatic rings. The molecule has 0 aliphatic carbocycles. The molecule has 1 rings (SSSR count). The maximum atomic E-state index is 13.3. The fourth-order valence-corrected chi connectivity index (χ4v) is 2.00. The zero-order valence-corrected chi connectivity index (χ0v) is 11.8. The maximum Gasteiger partial charge on any atom is 0.194 e. The molecule has 0 heterocycles. The smallest absolute Gasteiger partial charge is 0.194 e. The van der Waals surface area contributed by atoms with Crippen LogP contribution in [0.3, 0.4) is 0 Å². The van der Waals surface area contributed by atoms with E-state index in [9.17, 15) is 13.2 Å². The van der Waals surface area contributed by atoms with Gasteiger partial charge in [0.05, 0.1) is 0 Å². The predicted molar refractivity (Wildman–Crippen MR) is 71.4 cm³/mol. The molecule has 0 spiro atoms. The van der Waals surface area contributed by atoms with Crippen molar-refractivity contribution in [2.45, 2.75) is 46.1 Å². The van der Waals surface area contributed by atoms with Crippen molar-refractivity contribution in [3.63, 3.8) is 0 Å². The minimum absolute atomic E-state index is 0.139. The number of halogens is 3. The van der Waals surface area contributed by atoms with Crippen LogP contribution in [-0.4, -0.2) is 6.54 Å². The first kappa shape index (κ1) is 16.0. The van der Waals surface area contributed by atoms with Crippen LogP contribution >= 0.6 is 0 Å². The van der Waals surface area contributed by atoms with Gasteiger partial charge in [-0.05, 0) is 43.0 Å². The molecule has 1 N–H and O–H groups in total. The van der Waals surface area contributed by atoms with E-state index in [-0.39, 0.29) is 6.04 Å². The average molecular weight is 273 g/mol. The van der Waals surface area contributed by atoms with Gasteiger partial charge in [0.2, 0.25) is 0 Å². The Bertz CT molecular complexity index is 383. The van der Waals surface area contributed by atoms with E-state index in [1.807, 2.05) is 6.92 Å². The number of nitrogens with one attached hydrogen (secondary N) is 1. The first-order valence-corrected chi connectivity index (χ1v) is 6.87. The number of hydrogen-bond acceptors (Lipinski definition) is 1. The number of benzene rings is 1. The Labute approximate surface area is 113 Å². The summed E-state index contributed by atoms with van der Waals surface area (Å²) in [5.41, 5.74) is 0.477. The van der Waals surface area contributed by atoms with E-state index in [1.54, 1.807) is 0 Å². The van der Waals surface area contributed by atoms with Crippen LogP contribution in [0.25, 0.3) is 0 Å². The largest absolute Gasteiger partial charge is 0.310 e. The topological polar surface area (TPSA) is 12.0 Å². The molecule has 0 saturated heterocycles. The molecule has 0 bridgehead atoms. The summed E-state index contributed by atoms with van der Waals surface area (Å²) in [6, 6.07) is 2.04. The van der Waals surface area contributed by atoms with Crippen LogP contribution < -0.4 is 5.32 Å². The van der Waals surface area contributed by atoms with Gasteiger partial charge in [0.15, 0.2) is 17.5 Å². The van der Waals surface area contributed by atoms with Crippen molar-refractivity contribution in [3.05, 3.63) is 35.1 Å². The highest BCUT2D eigenvalue weighted by Gasteiger charge is 2.18. The summed E-state index contributed by atoms with van der Waals surface area (Å²) in [6.07, 6.45) is 2.71. The summed E-state index contributed by atoms with van der Waals surface area (Å²) in [6.45, 7) is 6.96. The Morgan fingerprint density at radius 1 is 1.11 bits per heavy atom. The zero-order chi connectivity index (χ0) is 14.4. The summed E-state index contributed by atoms with van der Waals surface area (Å²) in [4.78, 5) is 0. The van der Waals surface area contributed by atoms with Crippen molar-refractivity contribution in [1.29, 1.82) is 0 Å². The highest BCUT2D eigenvalue weighted by molar-refractivity contribution is 5.22. The lowest BCUT2D eigenvalue weighted by atomic mass is 9.94. The molecular formula is C15H22F3N. The minimum Gasteiger partial charge on any atom is -0.310 e. The molecule has 4 heteroatoms. The molecule has 2 unspecified atom stereocenters. The van der Waals surface area contributed by atoms with Gasteiger partial charge in [0.25, 0.3) is 0 Å². The third kappa shape index (κ3) is 4.53. The molecule has 0 radical (unpaired) electrons. The quantitative estimate of drug-likeness (QED) is 0.717. The van der Waals surface area contributed by atoms with Gasteiger partial charge in [0.1, 0.15) is 0 Å². The molecule has 0 aromatic heterocycles. The van der Waals surface area contributed by atoms with Crippen molar-refractivity contribution >= 4 is 0 Å². The standard InChI is InChI=1S/C15H22F3N/c1-4-6-19-14(7-10(3)5-2)11-8-12(16)15(18)13(17)9-11/h8-10,14,19H,4-7H2,1-3H3. The van der Waals surface area contributed by atoms with Crippen molar-refractivity contribution < 1.29 is 13.2 Å².